The van der Waals surface area contributed by atoms with Gasteiger partial charge in [-0.1, -0.05) is 23.7 Å². The summed E-state index contributed by atoms with van der Waals surface area (Å²) in [7, 11) is 1.26. The molecule has 2 aromatic rings. The van der Waals surface area contributed by atoms with Crippen LogP contribution in [0.3, 0.4) is 0 Å². The number of aromatic nitrogens is 2. The monoisotopic (exact) mass is 348 g/mol. The van der Waals surface area contributed by atoms with Crippen molar-refractivity contribution in [3.8, 4) is 0 Å². The Kier molecular flexibility index (Phi) is 4.96. The number of hydrogen-bond acceptors (Lipinski definition) is 4. The normalized spacial score (nSPS) is 11.6. The molecule has 0 spiro atoms. The van der Waals surface area contributed by atoms with Crippen LogP contribution < -0.4 is 0 Å². The molecule has 0 saturated heterocycles. The lowest BCUT2D eigenvalue weighted by Gasteiger charge is -2.08. The summed E-state index contributed by atoms with van der Waals surface area (Å²) in [6.45, 7) is -0.933. The molecular formula is C14H12ClF3N2O3. The number of aliphatic hydroxyl groups excluding tert-OH is 1. The molecule has 1 aromatic carbocycles. The van der Waals surface area contributed by atoms with E-state index in [-0.39, 0.29) is 17.3 Å². The predicted molar refractivity (Wildman–Crippen MR) is 74.7 cm³/mol. The molecule has 0 atom stereocenters. The molecule has 0 fully saturated rings. The van der Waals surface area contributed by atoms with E-state index in [1.807, 2.05) is 0 Å². The van der Waals surface area contributed by atoms with Crippen LogP contribution in [0.4, 0.5) is 13.2 Å². The van der Waals surface area contributed by atoms with Gasteiger partial charge in [-0.25, -0.2) is 4.79 Å². The van der Waals surface area contributed by atoms with Crippen LogP contribution in [0.5, 0.6) is 0 Å². The standard InChI is InChI=1S/C14H12ClF3N2O3/c1-20-12(15)10(11(19-20)14(16,17)18)7-23-13(22)9-4-2-3-8(5-9)6-21/h2-5,21H,6-7H2,1H3. The lowest BCUT2D eigenvalue weighted by Crippen LogP contribution is -2.12. The van der Waals surface area contributed by atoms with Crippen molar-refractivity contribution in [2.24, 2.45) is 7.05 Å². The molecule has 124 valence electrons. The maximum absolute atomic E-state index is 12.9. The topological polar surface area (TPSA) is 64.4 Å². The van der Waals surface area contributed by atoms with Gasteiger partial charge < -0.3 is 9.84 Å². The summed E-state index contributed by atoms with van der Waals surface area (Å²) in [6.07, 6.45) is -4.70. The van der Waals surface area contributed by atoms with Gasteiger partial charge in [-0.05, 0) is 17.7 Å². The summed E-state index contributed by atoms with van der Waals surface area (Å²) in [5, 5.41) is 12.1. The lowest BCUT2D eigenvalue weighted by molar-refractivity contribution is -0.142. The molecule has 0 bridgehead atoms. The zero-order chi connectivity index (χ0) is 17.2. The van der Waals surface area contributed by atoms with Crippen molar-refractivity contribution in [2.45, 2.75) is 19.4 Å². The van der Waals surface area contributed by atoms with Gasteiger partial charge >= 0.3 is 12.1 Å². The SMILES string of the molecule is Cn1nc(C(F)(F)F)c(COC(=O)c2cccc(CO)c2)c1Cl. The minimum atomic E-state index is -4.70. The highest BCUT2D eigenvalue weighted by atomic mass is 35.5. The molecule has 0 aliphatic carbocycles. The number of benzene rings is 1. The minimum absolute atomic E-state index is 0.116. The van der Waals surface area contributed by atoms with Crippen molar-refractivity contribution in [3.63, 3.8) is 0 Å². The molecule has 1 N–H and O–H groups in total. The Hall–Kier alpha value is -2.06. The van der Waals surface area contributed by atoms with E-state index < -0.39 is 30.0 Å². The third kappa shape index (κ3) is 3.83. The summed E-state index contributed by atoms with van der Waals surface area (Å²) in [5.41, 5.74) is -1.00. The van der Waals surface area contributed by atoms with Crippen LogP contribution in [0.2, 0.25) is 5.15 Å². The maximum atomic E-state index is 12.9. The van der Waals surface area contributed by atoms with Crippen molar-refractivity contribution in [3.05, 3.63) is 51.8 Å². The third-order valence-electron chi connectivity index (χ3n) is 3.03. The molecule has 0 aliphatic heterocycles. The average molecular weight is 349 g/mol. The molecule has 0 amide bonds. The number of halogens is 4. The van der Waals surface area contributed by atoms with Crippen LogP contribution in [-0.4, -0.2) is 20.9 Å². The first-order valence-electron chi connectivity index (χ1n) is 6.39. The van der Waals surface area contributed by atoms with Gasteiger partial charge in [0.2, 0.25) is 0 Å². The zero-order valence-corrected chi connectivity index (χ0v) is 12.6. The van der Waals surface area contributed by atoms with Crippen molar-refractivity contribution in [2.75, 3.05) is 0 Å². The summed E-state index contributed by atoms with van der Waals surface area (Å²) >= 11 is 5.77. The van der Waals surface area contributed by atoms with Crippen LogP contribution in [0.15, 0.2) is 24.3 Å². The number of nitrogens with zero attached hydrogens (tertiary/aromatic N) is 2. The Morgan fingerprint density at radius 1 is 1.43 bits per heavy atom. The van der Waals surface area contributed by atoms with E-state index in [0.717, 1.165) is 4.68 Å². The fraction of sp³-hybridized carbons (Fsp3) is 0.286. The first-order chi connectivity index (χ1) is 10.7. The first-order valence-corrected chi connectivity index (χ1v) is 6.77. The van der Waals surface area contributed by atoms with Gasteiger partial charge in [0.05, 0.1) is 17.7 Å². The van der Waals surface area contributed by atoms with E-state index >= 15 is 0 Å². The molecule has 0 unspecified atom stereocenters. The van der Waals surface area contributed by atoms with Crippen LogP contribution >= 0.6 is 11.6 Å². The average Bonchev–Trinajstić information content (AvgIpc) is 2.80. The Labute approximate surface area is 134 Å². The molecule has 2 rings (SSSR count). The van der Waals surface area contributed by atoms with Gasteiger partial charge in [0.1, 0.15) is 11.8 Å². The quantitative estimate of drug-likeness (QED) is 0.863. The van der Waals surface area contributed by atoms with E-state index in [9.17, 15) is 18.0 Å². The van der Waals surface area contributed by atoms with Crippen LogP contribution in [0.25, 0.3) is 0 Å². The van der Waals surface area contributed by atoms with Gasteiger partial charge in [0, 0.05) is 7.05 Å². The van der Waals surface area contributed by atoms with E-state index in [1.165, 1.54) is 25.2 Å². The zero-order valence-electron chi connectivity index (χ0n) is 11.9. The largest absolute Gasteiger partial charge is 0.457 e. The number of aliphatic hydroxyl groups is 1. The summed E-state index contributed by atoms with van der Waals surface area (Å²) in [4.78, 5) is 11.9. The Bertz CT molecular complexity index is 729. The predicted octanol–water partition coefficient (Wildman–Crippen LogP) is 2.94. The van der Waals surface area contributed by atoms with Crippen LogP contribution in [0, 0.1) is 0 Å². The van der Waals surface area contributed by atoms with Crippen molar-refractivity contribution in [1.82, 2.24) is 9.78 Å². The number of carbonyl (C=O) groups excluding carboxylic acids is 1. The van der Waals surface area contributed by atoms with Gasteiger partial charge in [-0.2, -0.15) is 18.3 Å². The smallest absolute Gasteiger partial charge is 0.435 e. The van der Waals surface area contributed by atoms with Crippen molar-refractivity contribution >= 4 is 17.6 Å². The second-order valence-electron chi connectivity index (χ2n) is 4.67. The number of rotatable bonds is 4. The van der Waals surface area contributed by atoms with Gasteiger partial charge in [0.15, 0.2) is 5.69 Å². The second kappa shape index (κ2) is 6.59. The highest BCUT2D eigenvalue weighted by molar-refractivity contribution is 6.30. The van der Waals surface area contributed by atoms with Crippen molar-refractivity contribution in [1.29, 1.82) is 0 Å². The molecule has 1 aromatic heterocycles. The third-order valence-corrected chi connectivity index (χ3v) is 3.50. The molecule has 23 heavy (non-hydrogen) atoms. The number of ether oxygens (including phenoxy) is 1. The highest BCUT2D eigenvalue weighted by Gasteiger charge is 2.39. The summed E-state index contributed by atoms with van der Waals surface area (Å²) < 4.78 is 44.4. The highest BCUT2D eigenvalue weighted by Crippen LogP contribution is 2.34. The maximum Gasteiger partial charge on any atom is 0.435 e. The van der Waals surface area contributed by atoms with E-state index in [4.69, 9.17) is 21.4 Å². The van der Waals surface area contributed by atoms with Crippen LogP contribution in [0.1, 0.15) is 27.2 Å². The van der Waals surface area contributed by atoms with E-state index in [1.54, 1.807) is 6.07 Å². The molecule has 1 heterocycles. The van der Waals surface area contributed by atoms with Gasteiger partial charge in [-0.3, -0.25) is 4.68 Å². The number of hydrogen-bond donors (Lipinski definition) is 1. The van der Waals surface area contributed by atoms with Gasteiger partial charge in [-0.15, -0.1) is 0 Å². The lowest BCUT2D eigenvalue weighted by atomic mass is 10.1. The number of esters is 1. The molecular weight excluding hydrogens is 337 g/mol. The number of aryl methyl sites for hydroxylation is 1. The van der Waals surface area contributed by atoms with Crippen molar-refractivity contribution < 1.29 is 27.8 Å². The number of alkyl halides is 3. The molecule has 0 aliphatic rings. The van der Waals surface area contributed by atoms with E-state index in [2.05, 4.69) is 5.10 Å². The summed E-state index contributed by atoms with van der Waals surface area (Å²) in [6, 6.07) is 5.94. The van der Waals surface area contributed by atoms with E-state index in [0.29, 0.717) is 5.56 Å². The minimum Gasteiger partial charge on any atom is -0.457 e. The second-order valence-corrected chi connectivity index (χ2v) is 5.03. The molecule has 5 nitrogen and oxygen atoms in total. The fourth-order valence-corrected chi connectivity index (χ4v) is 2.10. The molecule has 0 saturated carbocycles. The Morgan fingerprint density at radius 3 is 2.74 bits per heavy atom. The fourth-order valence-electron chi connectivity index (χ4n) is 1.92. The van der Waals surface area contributed by atoms with Gasteiger partial charge in [0.25, 0.3) is 0 Å². The Morgan fingerprint density at radius 2 is 2.13 bits per heavy atom. The molecule has 9 heteroatoms. The van der Waals surface area contributed by atoms with Crippen LogP contribution in [-0.2, 0) is 31.2 Å². The number of carbonyl (C=O) groups is 1. The summed E-state index contributed by atoms with van der Waals surface area (Å²) in [5.74, 6) is -0.826. The first kappa shape index (κ1) is 17.3. The molecule has 0 radical (unpaired) electrons. The Balaban J connectivity index is 2.19.